The summed E-state index contributed by atoms with van der Waals surface area (Å²) in [5, 5.41) is 0. The molecule has 0 aliphatic carbocycles. The van der Waals surface area contributed by atoms with Gasteiger partial charge < -0.3 is 9.47 Å². The van der Waals surface area contributed by atoms with E-state index in [0.717, 1.165) is 24.0 Å². The Morgan fingerprint density at radius 1 is 0.923 bits per heavy atom. The second-order valence-corrected chi connectivity index (χ2v) is 6.44. The Balaban J connectivity index is 1.99. The SMILES string of the molecule is CCCC(=O)Oc1ccc(-c2ccc(C(=O)OCC(C)CC)cc2)cc1. The van der Waals surface area contributed by atoms with Crippen molar-refractivity contribution in [3.05, 3.63) is 54.1 Å². The first kappa shape index (κ1) is 19.7. The highest BCUT2D eigenvalue weighted by Gasteiger charge is 2.10. The molecule has 0 N–H and O–H groups in total. The van der Waals surface area contributed by atoms with Gasteiger partial charge in [0.15, 0.2) is 0 Å². The maximum Gasteiger partial charge on any atom is 0.338 e. The van der Waals surface area contributed by atoms with E-state index < -0.39 is 0 Å². The van der Waals surface area contributed by atoms with Gasteiger partial charge in [-0.2, -0.15) is 0 Å². The van der Waals surface area contributed by atoms with Crippen molar-refractivity contribution in [3.63, 3.8) is 0 Å². The van der Waals surface area contributed by atoms with Gasteiger partial charge in [0, 0.05) is 6.42 Å². The lowest BCUT2D eigenvalue weighted by Gasteiger charge is -2.10. The van der Waals surface area contributed by atoms with E-state index in [1.807, 2.05) is 31.2 Å². The van der Waals surface area contributed by atoms with E-state index in [1.165, 1.54) is 0 Å². The van der Waals surface area contributed by atoms with Crippen LogP contribution in [0.2, 0.25) is 0 Å². The molecule has 4 nitrogen and oxygen atoms in total. The molecule has 138 valence electrons. The summed E-state index contributed by atoms with van der Waals surface area (Å²) < 4.78 is 10.6. The average molecular weight is 354 g/mol. The Morgan fingerprint density at radius 2 is 1.50 bits per heavy atom. The van der Waals surface area contributed by atoms with Crippen LogP contribution in [-0.4, -0.2) is 18.5 Å². The second kappa shape index (κ2) is 9.76. The van der Waals surface area contributed by atoms with E-state index in [4.69, 9.17) is 9.47 Å². The van der Waals surface area contributed by atoms with Gasteiger partial charge in [-0.05, 0) is 47.7 Å². The Hall–Kier alpha value is -2.62. The number of carbonyl (C=O) groups excluding carboxylic acids is 2. The first-order valence-corrected chi connectivity index (χ1v) is 9.11. The Morgan fingerprint density at radius 3 is 2.04 bits per heavy atom. The molecule has 1 atom stereocenters. The summed E-state index contributed by atoms with van der Waals surface area (Å²) in [6.07, 6.45) is 2.16. The van der Waals surface area contributed by atoms with E-state index in [2.05, 4.69) is 13.8 Å². The van der Waals surface area contributed by atoms with E-state index in [9.17, 15) is 9.59 Å². The van der Waals surface area contributed by atoms with Gasteiger partial charge in [-0.15, -0.1) is 0 Å². The van der Waals surface area contributed by atoms with Crippen LogP contribution in [0.3, 0.4) is 0 Å². The van der Waals surface area contributed by atoms with Crippen molar-refractivity contribution in [1.82, 2.24) is 0 Å². The quantitative estimate of drug-likeness (QED) is 0.479. The molecule has 0 bridgehead atoms. The Bertz CT molecular complexity index is 717. The summed E-state index contributed by atoms with van der Waals surface area (Å²) in [5.74, 6) is 0.385. The van der Waals surface area contributed by atoms with E-state index in [-0.39, 0.29) is 11.9 Å². The van der Waals surface area contributed by atoms with Crippen LogP contribution < -0.4 is 4.74 Å². The summed E-state index contributed by atoms with van der Waals surface area (Å²) >= 11 is 0. The molecule has 26 heavy (non-hydrogen) atoms. The van der Waals surface area contributed by atoms with Gasteiger partial charge in [0.2, 0.25) is 0 Å². The Labute approximate surface area is 155 Å². The predicted molar refractivity (Wildman–Crippen MR) is 102 cm³/mol. The molecule has 0 amide bonds. The van der Waals surface area contributed by atoms with Crippen LogP contribution in [0.5, 0.6) is 5.75 Å². The fourth-order valence-corrected chi connectivity index (χ4v) is 2.32. The lowest BCUT2D eigenvalue weighted by atomic mass is 10.0. The summed E-state index contributed by atoms with van der Waals surface area (Å²) in [7, 11) is 0. The van der Waals surface area contributed by atoms with Crippen molar-refractivity contribution in [2.45, 2.75) is 40.0 Å². The number of hydrogen-bond acceptors (Lipinski definition) is 4. The molecule has 2 aromatic rings. The van der Waals surface area contributed by atoms with Crippen LogP contribution in [0.25, 0.3) is 11.1 Å². The van der Waals surface area contributed by atoms with Gasteiger partial charge in [0.1, 0.15) is 5.75 Å². The number of esters is 2. The van der Waals surface area contributed by atoms with Crippen molar-refractivity contribution < 1.29 is 19.1 Å². The van der Waals surface area contributed by atoms with Crippen molar-refractivity contribution >= 4 is 11.9 Å². The minimum Gasteiger partial charge on any atom is -0.462 e. The molecule has 1 unspecified atom stereocenters. The first-order chi connectivity index (χ1) is 12.5. The molecule has 0 aliphatic rings. The molecule has 0 fully saturated rings. The summed E-state index contributed by atoms with van der Waals surface area (Å²) in [4.78, 5) is 23.6. The highest BCUT2D eigenvalue weighted by Crippen LogP contribution is 2.23. The molecule has 0 heterocycles. The standard InChI is InChI=1S/C22H26O4/c1-4-6-21(23)26-20-13-11-18(12-14-20)17-7-9-19(10-8-17)22(24)25-15-16(3)5-2/h7-14,16H,4-6,15H2,1-3H3. The first-order valence-electron chi connectivity index (χ1n) is 9.11. The summed E-state index contributed by atoms with van der Waals surface area (Å²) in [6, 6.07) is 14.6. The number of hydrogen-bond donors (Lipinski definition) is 0. The molecule has 0 saturated heterocycles. The highest BCUT2D eigenvalue weighted by molar-refractivity contribution is 5.90. The number of benzene rings is 2. The molecule has 0 spiro atoms. The summed E-state index contributed by atoms with van der Waals surface area (Å²) in [6.45, 7) is 6.51. The molecule has 0 saturated carbocycles. The molecule has 4 heteroatoms. The van der Waals surface area contributed by atoms with Crippen LogP contribution in [0.15, 0.2) is 48.5 Å². The average Bonchev–Trinajstić information content (AvgIpc) is 2.66. The number of carbonyl (C=O) groups is 2. The molecule has 0 aliphatic heterocycles. The predicted octanol–water partition coefficient (Wildman–Crippen LogP) is 5.26. The van der Waals surface area contributed by atoms with Gasteiger partial charge in [0.05, 0.1) is 12.2 Å². The monoisotopic (exact) mass is 354 g/mol. The third kappa shape index (κ3) is 5.73. The molecule has 0 aromatic heterocycles. The van der Waals surface area contributed by atoms with Gasteiger partial charge in [-0.3, -0.25) is 4.79 Å². The largest absolute Gasteiger partial charge is 0.462 e. The third-order valence-corrected chi connectivity index (χ3v) is 4.19. The van der Waals surface area contributed by atoms with Gasteiger partial charge >= 0.3 is 11.9 Å². The molecular formula is C22H26O4. The molecular weight excluding hydrogens is 328 g/mol. The van der Waals surface area contributed by atoms with Gasteiger partial charge in [-0.25, -0.2) is 4.79 Å². The van der Waals surface area contributed by atoms with Crippen LogP contribution >= 0.6 is 0 Å². The zero-order valence-corrected chi connectivity index (χ0v) is 15.7. The zero-order chi connectivity index (χ0) is 18.9. The minimum absolute atomic E-state index is 0.222. The van der Waals surface area contributed by atoms with Crippen LogP contribution in [-0.2, 0) is 9.53 Å². The van der Waals surface area contributed by atoms with Crippen LogP contribution in [0.4, 0.5) is 0 Å². The fraction of sp³-hybridized carbons (Fsp3) is 0.364. The lowest BCUT2D eigenvalue weighted by Crippen LogP contribution is -2.11. The van der Waals surface area contributed by atoms with Crippen LogP contribution in [0, 0.1) is 5.92 Å². The normalized spacial score (nSPS) is 11.7. The topological polar surface area (TPSA) is 52.6 Å². The van der Waals surface area contributed by atoms with Crippen LogP contribution in [0.1, 0.15) is 50.4 Å². The highest BCUT2D eigenvalue weighted by atomic mass is 16.5. The van der Waals surface area contributed by atoms with Crippen molar-refractivity contribution in [2.75, 3.05) is 6.61 Å². The molecule has 2 rings (SSSR count). The van der Waals surface area contributed by atoms with Gasteiger partial charge in [0.25, 0.3) is 0 Å². The molecule has 0 radical (unpaired) electrons. The van der Waals surface area contributed by atoms with Gasteiger partial charge in [-0.1, -0.05) is 51.5 Å². The molecule has 2 aromatic carbocycles. The maximum absolute atomic E-state index is 12.0. The van der Waals surface area contributed by atoms with E-state index in [1.54, 1.807) is 24.3 Å². The van der Waals surface area contributed by atoms with E-state index in [0.29, 0.717) is 30.3 Å². The minimum atomic E-state index is -0.296. The van der Waals surface area contributed by atoms with Crippen molar-refractivity contribution in [3.8, 4) is 16.9 Å². The number of ether oxygens (including phenoxy) is 2. The van der Waals surface area contributed by atoms with Crippen molar-refractivity contribution in [2.24, 2.45) is 5.92 Å². The third-order valence-electron chi connectivity index (χ3n) is 4.19. The zero-order valence-electron chi connectivity index (χ0n) is 15.7. The summed E-state index contributed by atoms with van der Waals surface area (Å²) in [5.41, 5.74) is 2.51. The fourth-order valence-electron chi connectivity index (χ4n) is 2.32. The maximum atomic E-state index is 12.0. The smallest absolute Gasteiger partial charge is 0.338 e. The lowest BCUT2D eigenvalue weighted by molar-refractivity contribution is -0.134. The van der Waals surface area contributed by atoms with E-state index >= 15 is 0 Å². The van der Waals surface area contributed by atoms with Crippen molar-refractivity contribution in [1.29, 1.82) is 0 Å². The number of rotatable bonds is 8. The Kier molecular flexibility index (Phi) is 7.39. The second-order valence-electron chi connectivity index (χ2n) is 6.44.